The minimum absolute atomic E-state index is 0.131. The number of anilines is 1. The molecule has 0 heterocycles. The zero-order chi connectivity index (χ0) is 20.5. The topological polar surface area (TPSA) is 29.1 Å². The van der Waals surface area contributed by atoms with Crippen molar-refractivity contribution in [1.82, 2.24) is 0 Å². The predicted octanol–water partition coefficient (Wildman–Crippen LogP) is 7.67. The second-order valence-electron chi connectivity index (χ2n) is 7.20. The van der Waals surface area contributed by atoms with E-state index in [1.54, 1.807) is 0 Å². The van der Waals surface area contributed by atoms with Crippen molar-refractivity contribution in [3.63, 3.8) is 0 Å². The van der Waals surface area contributed by atoms with Gasteiger partial charge in [0.25, 0.3) is 5.91 Å². The highest BCUT2D eigenvalue weighted by molar-refractivity contribution is 9.10. The average molecular weight is 452 g/mol. The summed E-state index contributed by atoms with van der Waals surface area (Å²) < 4.78 is 0.879. The van der Waals surface area contributed by atoms with Gasteiger partial charge < -0.3 is 5.32 Å². The van der Waals surface area contributed by atoms with Gasteiger partial charge in [-0.2, -0.15) is 0 Å². The molecule has 30 heavy (non-hydrogen) atoms. The van der Waals surface area contributed by atoms with E-state index in [-0.39, 0.29) is 5.91 Å². The first-order valence-corrected chi connectivity index (χ1v) is 10.6. The van der Waals surface area contributed by atoms with E-state index in [1.807, 2.05) is 42.5 Å². The predicted molar refractivity (Wildman–Crippen MR) is 129 cm³/mol. The van der Waals surface area contributed by atoms with Crippen LogP contribution in [0.5, 0.6) is 0 Å². The van der Waals surface area contributed by atoms with E-state index in [9.17, 15) is 4.79 Å². The maximum atomic E-state index is 12.9. The normalized spacial score (nSPS) is 11.0. The first-order chi connectivity index (χ1) is 14.7. The third-order valence-electron chi connectivity index (χ3n) is 5.32. The summed E-state index contributed by atoms with van der Waals surface area (Å²) in [5.74, 6) is -0.131. The van der Waals surface area contributed by atoms with Gasteiger partial charge in [0.05, 0.1) is 0 Å². The monoisotopic (exact) mass is 451 g/mol. The molecular weight excluding hydrogens is 434 g/mol. The Bertz CT molecular complexity index is 1410. The van der Waals surface area contributed by atoms with Gasteiger partial charge in [-0.25, -0.2) is 0 Å². The third kappa shape index (κ3) is 3.38. The van der Waals surface area contributed by atoms with Crippen LogP contribution in [0.2, 0.25) is 0 Å². The van der Waals surface area contributed by atoms with Crippen LogP contribution in [0.1, 0.15) is 10.4 Å². The second kappa shape index (κ2) is 7.77. The summed E-state index contributed by atoms with van der Waals surface area (Å²) in [6.07, 6.45) is 0. The molecule has 0 fully saturated rings. The lowest BCUT2D eigenvalue weighted by atomic mass is 9.92. The van der Waals surface area contributed by atoms with Gasteiger partial charge in [0.1, 0.15) is 0 Å². The largest absolute Gasteiger partial charge is 0.321 e. The highest BCUT2D eigenvalue weighted by Gasteiger charge is 2.14. The molecule has 0 bridgehead atoms. The number of carbonyl (C=O) groups excluding carboxylic acids is 1. The van der Waals surface area contributed by atoms with Gasteiger partial charge in [0.15, 0.2) is 0 Å². The number of benzene rings is 5. The number of fused-ring (bicyclic) bond motifs is 3. The Kier molecular flexibility index (Phi) is 4.82. The summed E-state index contributed by atoms with van der Waals surface area (Å²) in [6.45, 7) is 0. The Morgan fingerprint density at radius 2 is 1.33 bits per heavy atom. The number of rotatable bonds is 3. The van der Waals surface area contributed by atoms with Gasteiger partial charge in [-0.05, 0) is 57.4 Å². The number of nitrogens with one attached hydrogen (secondary N) is 1. The van der Waals surface area contributed by atoms with Crippen LogP contribution in [0.4, 0.5) is 5.69 Å². The molecule has 5 rings (SSSR count). The standard InChI is InChI=1S/C27H18BrNO/c28-20-10-7-9-19(16-20)27(30)29-26-15-6-5-14-24(26)25-17-18-8-1-2-11-21(18)22-12-3-4-13-23(22)25/h1-17H,(H,29,30). The molecule has 0 saturated heterocycles. The third-order valence-corrected chi connectivity index (χ3v) is 5.81. The van der Waals surface area contributed by atoms with Crippen molar-refractivity contribution in [2.45, 2.75) is 0 Å². The molecule has 144 valence electrons. The summed E-state index contributed by atoms with van der Waals surface area (Å²) in [5, 5.41) is 7.89. The molecule has 0 aromatic heterocycles. The van der Waals surface area contributed by atoms with Gasteiger partial charge in [-0.1, -0.05) is 88.7 Å². The molecule has 0 aliphatic rings. The van der Waals surface area contributed by atoms with E-state index in [1.165, 1.54) is 21.5 Å². The first-order valence-electron chi connectivity index (χ1n) is 9.77. The maximum Gasteiger partial charge on any atom is 0.255 e. The molecular formula is C27H18BrNO. The molecule has 2 nitrogen and oxygen atoms in total. The van der Waals surface area contributed by atoms with Crippen molar-refractivity contribution in [2.24, 2.45) is 0 Å². The quantitative estimate of drug-likeness (QED) is 0.280. The maximum absolute atomic E-state index is 12.9. The highest BCUT2D eigenvalue weighted by atomic mass is 79.9. The van der Waals surface area contributed by atoms with Gasteiger partial charge >= 0.3 is 0 Å². The number of para-hydroxylation sites is 1. The molecule has 1 amide bonds. The minimum atomic E-state index is -0.131. The van der Waals surface area contributed by atoms with Crippen molar-refractivity contribution >= 4 is 49.1 Å². The van der Waals surface area contributed by atoms with Crippen LogP contribution >= 0.6 is 15.9 Å². The Morgan fingerprint density at radius 3 is 2.17 bits per heavy atom. The molecule has 0 radical (unpaired) electrons. The summed E-state index contributed by atoms with van der Waals surface area (Å²) in [7, 11) is 0. The number of halogens is 1. The van der Waals surface area contributed by atoms with Crippen LogP contribution in [0.15, 0.2) is 108 Å². The summed E-state index contributed by atoms with van der Waals surface area (Å²) in [6, 6.07) is 34.4. The lowest BCUT2D eigenvalue weighted by molar-refractivity contribution is 0.102. The van der Waals surface area contributed by atoms with Crippen molar-refractivity contribution < 1.29 is 4.79 Å². The average Bonchev–Trinajstić information content (AvgIpc) is 2.79. The van der Waals surface area contributed by atoms with E-state index < -0.39 is 0 Å². The molecule has 0 unspecified atom stereocenters. The van der Waals surface area contributed by atoms with E-state index >= 15 is 0 Å². The van der Waals surface area contributed by atoms with Gasteiger partial charge in [0.2, 0.25) is 0 Å². The summed E-state index contributed by atoms with van der Waals surface area (Å²) >= 11 is 3.44. The summed E-state index contributed by atoms with van der Waals surface area (Å²) in [5.41, 5.74) is 3.52. The number of hydrogen-bond donors (Lipinski definition) is 1. The van der Waals surface area contributed by atoms with Crippen molar-refractivity contribution in [2.75, 3.05) is 5.32 Å². The molecule has 3 heteroatoms. The van der Waals surface area contributed by atoms with E-state index in [0.29, 0.717) is 5.56 Å². The van der Waals surface area contributed by atoms with Gasteiger partial charge in [0, 0.05) is 21.3 Å². The Balaban J connectivity index is 1.67. The van der Waals surface area contributed by atoms with Crippen molar-refractivity contribution in [3.05, 3.63) is 113 Å². The van der Waals surface area contributed by atoms with Gasteiger partial charge in [-0.15, -0.1) is 0 Å². The fraction of sp³-hybridized carbons (Fsp3) is 0. The lowest BCUT2D eigenvalue weighted by Gasteiger charge is -2.15. The fourth-order valence-electron chi connectivity index (χ4n) is 3.93. The van der Waals surface area contributed by atoms with E-state index in [2.05, 4.69) is 81.9 Å². The molecule has 0 aliphatic carbocycles. The van der Waals surface area contributed by atoms with E-state index in [0.717, 1.165) is 21.3 Å². The Morgan fingerprint density at radius 1 is 0.633 bits per heavy atom. The van der Waals surface area contributed by atoms with Crippen molar-refractivity contribution in [3.8, 4) is 11.1 Å². The zero-order valence-corrected chi connectivity index (χ0v) is 17.7. The van der Waals surface area contributed by atoms with Crippen molar-refractivity contribution in [1.29, 1.82) is 0 Å². The smallest absolute Gasteiger partial charge is 0.255 e. The number of carbonyl (C=O) groups is 1. The van der Waals surface area contributed by atoms with Crippen LogP contribution in [0.25, 0.3) is 32.7 Å². The second-order valence-corrected chi connectivity index (χ2v) is 8.12. The van der Waals surface area contributed by atoms with Crippen LogP contribution in [0, 0.1) is 0 Å². The van der Waals surface area contributed by atoms with Crippen LogP contribution in [-0.2, 0) is 0 Å². The fourth-order valence-corrected chi connectivity index (χ4v) is 4.33. The Hall–Kier alpha value is -3.43. The Labute approximate surface area is 183 Å². The first kappa shape index (κ1) is 18.6. The number of amides is 1. The highest BCUT2D eigenvalue weighted by Crippen LogP contribution is 2.38. The van der Waals surface area contributed by atoms with E-state index in [4.69, 9.17) is 0 Å². The van der Waals surface area contributed by atoms with Crippen LogP contribution < -0.4 is 5.32 Å². The van der Waals surface area contributed by atoms with Crippen LogP contribution in [-0.4, -0.2) is 5.91 Å². The molecule has 0 spiro atoms. The molecule has 1 N–H and O–H groups in total. The molecule has 0 aliphatic heterocycles. The SMILES string of the molecule is O=C(Nc1ccccc1-c1cc2ccccc2c2ccccc12)c1cccc(Br)c1. The van der Waals surface area contributed by atoms with Crippen LogP contribution in [0.3, 0.4) is 0 Å². The molecule has 5 aromatic carbocycles. The summed E-state index contributed by atoms with van der Waals surface area (Å²) in [4.78, 5) is 12.9. The molecule has 5 aromatic rings. The molecule has 0 atom stereocenters. The van der Waals surface area contributed by atoms with Gasteiger partial charge in [-0.3, -0.25) is 4.79 Å². The minimum Gasteiger partial charge on any atom is -0.321 e. The lowest BCUT2D eigenvalue weighted by Crippen LogP contribution is -2.12. The zero-order valence-electron chi connectivity index (χ0n) is 16.1. The number of hydrogen-bond acceptors (Lipinski definition) is 1. The molecule has 0 saturated carbocycles.